The quantitative estimate of drug-likeness (QED) is 0.529. The molecule has 0 radical (unpaired) electrons. The van der Waals surface area contributed by atoms with Gasteiger partial charge in [-0.3, -0.25) is 0 Å². The third-order valence-corrected chi connectivity index (χ3v) is 3.45. The van der Waals surface area contributed by atoms with Crippen molar-refractivity contribution in [2.45, 2.75) is 65.3 Å². The van der Waals surface area contributed by atoms with Gasteiger partial charge in [0.25, 0.3) is 0 Å². The second-order valence-electron chi connectivity index (χ2n) is 6.09. The minimum absolute atomic E-state index is 0.379. The lowest BCUT2D eigenvalue weighted by molar-refractivity contribution is 0.152. The highest BCUT2D eigenvalue weighted by Gasteiger charge is 2.19. The Morgan fingerprint density at radius 1 is 1.22 bits per heavy atom. The standard InChI is InChI=1S/C15H34N2O/c1-5-6-7-10-15(2,3)13-17-14(12-18-4)9-8-11-16/h14,17H,5-13,16H2,1-4H3. The number of nitrogens with one attached hydrogen (secondary N) is 1. The van der Waals surface area contributed by atoms with Gasteiger partial charge >= 0.3 is 0 Å². The fourth-order valence-corrected chi connectivity index (χ4v) is 2.17. The van der Waals surface area contributed by atoms with Gasteiger partial charge < -0.3 is 15.8 Å². The van der Waals surface area contributed by atoms with Crippen molar-refractivity contribution >= 4 is 0 Å². The first-order valence-electron chi connectivity index (χ1n) is 7.48. The lowest BCUT2D eigenvalue weighted by Gasteiger charge is -2.28. The Balaban J connectivity index is 3.90. The molecule has 0 aliphatic heterocycles. The van der Waals surface area contributed by atoms with Crippen molar-refractivity contribution in [3.8, 4) is 0 Å². The van der Waals surface area contributed by atoms with Crippen LogP contribution in [0, 0.1) is 5.41 Å². The number of nitrogens with two attached hydrogens (primary N) is 1. The van der Waals surface area contributed by atoms with Crippen molar-refractivity contribution in [2.24, 2.45) is 11.1 Å². The van der Waals surface area contributed by atoms with Crippen molar-refractivity contribution in [3.63, 3.8) is 0 Å². The Kier molecular flexibility index (Phi) is 10.7. The third-order valence-electron chi connectivity index (χ3n) is 3.45. The van der Waals surface area contributed by atoms with E-state index in [9.17, 15) is 0 Å². The molecule has 0 spiro atoms. The molecule has 0 aromatic rings. The molecule has 0 heterocycles. The summed E-state index contributed by atoms with van der Waals surface area (Å²) in [6.07, 6.45) is 7.45. The van der Waals surface area contributed by atoms with Crippen LogP contribution in [0.5, 0.6) is 0 Å². The topological polar surface area (TPSA) is 47.3 Å². The van der Waals surface area contributed by atoms with Crippen LogP contribution < -0.4 is 11.1 Å². The first kappa shape index (κ1) is 17.9. The second kappa shape index (κ2) is 10.8. The average molecular weight is 258 g/mol. The number of hydrogen-bond acceptors (Lipinski definition) is 3. The predicted octanol–water partition coefficient (Wildman–Crippen LogP) is 2.94. The fourth-order valence-electron chi connectivity index (χ4n) is 2.17. The van der Waals surface area contributed by atoms with Crippen molar-refractivity contribution in [1.29, 1.82) is 0 Å². The molecule has 0 saturated heterocycles. The van der Waals surface area contributed by atoms with Gasteiger partial charge in [-0.15, -0.1) is 0 Å². The highest BCUT2D eigenvalue weighted by Crippen LogP contribution is 2.23. The minimum atomic E-state index is 0.379. The number of rotatable bonds is 12. The van der Waals surface area contributed by atoms with Crippen LogP contribution >= 0.6 is 0 Å². The zero-order valence-corrected chi connectivity index (χ0v) is 12.9. The molecule has 0 amide bonds. The smallest absolute Gasteiger partial charge is 0.0615 e. The Bertz CT molecular complexity index is 183. The van der Waals surface area contributed by atoms with Gasteiger partial charge in [0.05, 0.1) is 6.61 Å². The molecule has 3 N–H and O–H groups in total. The summed E-state index contributed by atoms with van der Waals surface area (Å²) >= 11 is 0. The van der Waals surface area contributed by atoms with Gasteiger partial charge in [0.2, 0.25) is 0 Å². The van der Waals surface area contributed by atoms with Crippen molar-refractivity contribution in [3.05, 3.63) is 0 Å². The first-order valence-corrected chi connectivity index (χ1v) is 7.48. The van der Waals surface area contributed by atoms with Crippen LogP contribution in [0.4, 0.5) is 0 Å². The van der Waals surface area contributed by atoms with Crippen LogP contribution in [0.2, 0.25) is 0 Å². The molecule has 0 fully saturated rings. The van der Waals surface area contributed by atoms with E-state index in [2.05, 4.69) is 26.1 Å². The van der Waals surface area contributed by atoms with Crippen LogP contribution in [-0.4, -0.2) is 32.8 Å². The van der Waals surface area contributed by atoms with Crippen LogP contribution in [0.3, 0.4) is 0 Å². The maximum Gasteiger partial charge on any atom is 0.0615 e. The van der Waals surface area contributed by atoms with Crippen LogP contribution in [0.15, 0.2) is 0 Å². The molecular weight excluding hydrogens is 224 g/mol. The summed E-state index contributed by atoms with van der Waals surface area (Å²) in [6.45, 7) is 9.57. The number of ether oxygens (including phenoxy) is 1. The Morgan fingerprint density at radius 2 is 1.94 bits per heavy atom. The minimum Gasteiger partial charge on any atom is -0.383 e. The SMILES string of the molecule is CCCCCC(C)(C)CNC(CCCN)COC. The molecule has 0 aliphatic rings. The fraction of sp³-hybridized carbons (Fsp3) is 1.00. The molecular formula is C15H34N2O. The molecule has 0 aliphatic carbocycles. The van der Waals surface area contributed by atoms with E-state index in [1.807, 2.05) is 0 Å². The Morgan fingerprint density at radius 3 is 2.50 bits per heavy atom. The van der Waals surface area contributed by atoms with E-state index < -0.39 is 0 Å². The van der Waals surface area contributed by atoms with E-state index in [4.69, 9.17) is 10.5 Å². The molecule has 110 valence electrons. The molecule has 0 saturated carbocycles. The van der Waals surface area contributed by atoms with Crippen molar-refractivity contribution < 1.29 is 4.74 Å². The number of methoxy groups -OCH3 is 1. The molecule has 3 heteroatoms. The zero-order chi connectivity index (χ0) is 13.9. The largest absolute Gasteiger partial charge is 0.383 e. The molecule has 0 aromatic carbocycles. The van der Waals surface area contributed by atoms with Gasteiger partial charge in [0, 0.05) is 19.7 Å². The molecule has 1 atom stereocenters. The van der Waals surface area contributed by atoms with Gasteiger partial charge in [-0.1, -0.05) is 40.0 Å². The summed E-state index contributed by atoms with van der Waals surface area (Å²) in [5.74, 6) is 0. The molecule has 0 bridgehead atoms. The molecule has 1 unspecified atom stereocenters. The third kappa shape index (κ3) is 9.86. The molecule has 3 nitrogen and oxygen atoms in total. The summed E-state index contributed by atoms with van der Waals surface area (Å²) in [5.41, 5.74) is 5.95. The lowest BCUT2D eigenvalue weighted by atomic mass is 9.86. The summed E-state index contributed by atoms with van der Waals surface area (Å²) in [5, 5.41) is 3.64. The molecule has 0 aromatic heterocycles. The van der Waals surface area contributed by atoms with E-state index >= 15 is 0 Å². The van der Waals surface area contributed by atoms with E-state index in [0.717, 1.165) is 32.5 Å². The first-order chi connectivity index (χ1) is 8.55. The van der Waals surface area contributed by atoms with E-state index in [1.165, 1.54) is 25.7 Å². The molecule has 0 rings (SSSR count). The maximum absolute atomic E-state index is 5.57. The number of hydrogen-bond donors (Lipinski definition) is 2. The van der Waals surface area contributed by atoms with E-state index in [-0.39, 0.29) is 0 Å². The monoisotopic (exact) mass is 258 g/mol. The predicted molar refractivity (Wildman–Crippen MR) is 79.9 cm³/mol. The average Bonchev–Trinajstić information content (AvgIpc) is 2.33. The van der Waals surface area contributed by atoms with E-state index in [0.29, 0.717) is 11.5 Å². The highest BCUT2D eigenvalue weighted by molar-refractivity contribution is 4.75. The van der Waals surface area contributed by atoms with Crippen molar-refractivity contribution in [2.75, 3.05) is 26.8 Å². The summed E-state index contributed by atoms with van der Waals surface area (Å²) < 4.78 is 5.26. The van der Waals surface area contributed by atoms with Gasteiger partial charge in [-0.2, -0.15) is 0 Å². The zero-order valence-electron chi connectivity index (χ0n) is 12.9. The van der Waals surface area contributed by atoms with Crippen LogP contribution in [0.25, 0.3) is 0 Å². The summed E-state index contributed by atoms with van der Waals surface area (Å²) in [6, 6.07) is 0.448. The highest BCUT2D eigenvalue weighted by atomic mass is 16.5. The summed E-state index contributed by atoms with van der Waals surface area (Å²) in [7, 11) is 1.77. The molecule has 18 heavy (non-hydrogen) atoms. The van der Waals surface area contributed by atoms with E-state index in [1.54, 1.807) is 7.11 Å². The summed E-state index contributed by atoms with van der Waals surface area (Å²) in [4.78, 5) is 0. The van der Waals surface area contributed by atoms with Gasteiger partial charge in [-0.05, 0) is 31.2 Å². The Hall–Kier alpha value is -0.120. The van der Waals surface area contributed by atoms with Gasteiger partial charge in [0.1, 0.15) is 0 Å². The van der Waals surface area contributed by atoms with Crippen molar-refractivity contribution in [1.82, 2.24) is 5.32 Å². The van der Waals surface area contributed by atoms with Gasteiger partial charge in [0.15, 0.2) is 0 Å². The van der Waals surface area contributed by atoms with Crippen LogP contribution in [-0.2, 0) is 4.74 Å². The Labute approximate surface area is 114 Å². The number of unbranched alkanes of at least 4 members (excludes halogenated alkanes) is 2. The van der Waals surface area contributed by atoms with Crippen LogP contribution in [0.1, 0.15) is 59.3 Å². The van der Waals surface area contributed by atoms with Gasteiger partial charge in [-0.25, -0.2) is 0 Å². The maximum atomic E-state index is 5.57. The lowest BCUT2D eigenvalue weighted by Crippen LogP contribution is -2.40. The normalized spacial score (nSPS) is 13.8. The second-order valence-corrected chi connectivity index (χ2v) is 6.09.